The Morgan fingerprint density at radius 1 is 1.09 bits per heavy atom. The first-order valence-electron chi connectivity index (χ1n) is 7.72. The maximum absolute atomic E-state index is 11.4. The van der Waals surface area contributed by atoms with E-state index in [2.05, 4.69) is 29.4 Å². The summed E-state index contributed by atoms with van der Waals surface area (Å²) in [5.41, 5.74) is 4.38. The summed E-state index contributed by atoms with van der Waals surface area (Å²) in [5, 5.41) is 4.65. The Balaban J connectivity index is 1.85. The highest BCUT2D eigenvalue weighted by atomic mass is 32.2. The quantitative estimate of drug-likeness (QED) is 0.767. The number of anilines is 1. The van der Waals surface area contributed by atoms with Gasteiger partial charge in [-0.05, 0) is 36.2 Å². The molecule has 0 bridgehead atoms. The van der Waals surface area contributed by atoms with E-state index in [4.69, 9.17) is 0 Å². The molecule has 3 aromatic rings. The van der Waals surface area contributed by atoms with Crippen LogP contribution in [0, 0.1) is 0 Å². The highest BCUT2D eigenvalue weighted by molar-refractivity contribution is 7.84. The molecule has 0 spiro atoms. The summed E-state index contributed by atoms with van der Waals surface area (Å²) in [6.07, 6.45) is 2.61. The number of benzene rings is 2. The molecule has 23 heavy (non-hydrogen) atoms. The van der Waals surface area contributed by atoms with Crippen LogP contribution in [0.15, 0.2) is 59.5 Å². The van der Waals surface area contributed by atoms with Crippen LogP contribution in [0.3, 0.4) is 0 Å². The lowest BCUT2D eigenvalue weighted by Gasteiger charge is -2.12. The molecule has 0 fully saturated rings. The Morgan fingerprint density at radius 3 is 2.52 bits per heavy atom. The lowest BCUT2D eigenvalue weighted by atomic mass is 10.1. The van der Waals surface area contributed by atoms with Gasteiger partial charge in [0.25, 0.3) is 0 Å². The van der Waals surface area contributed by atoms with Crippen LogP contribution in [-0.4, -0.2) is 15.4 Å². The molecule has 0 aliphatic carbocycles. The van der Waals surface area contributed by atoms with Crippen LogP contribution in [0.25, 0.3) is 10.9 Å². The summed E-state index contributed by atoms with van der Waals surface area (Å²) in [7, 11) is -0.929. The average molecular weight is 324 g/mol. The van der Waals surface area contributed by atoms with E-state index >= 15 is 0 Å². The molecular weight excluding hydrogens is 304 g/mol. The fraction of sp³-hybridized carbons (Fsp3) is 0.211. The molecule has 4 heteroatoms. The predicted octanol–water partition coefficient (Wildman–Crippen LogP) is 4.15. The van der Waals surface area contributed by atoms with Gasteiger partial charge in [-0.1, -0.05) is 37.3 Å². The van der Waals surface area contributed by atoms with E-state index in [0.29, 0.717) is 0 Å². The van der Waals surface area contributed by atoms with Crippen molar-refractivity contribution in [3.8, 4) is 0 Å². The summed E-state index contributed by atoms with van der Waals surface area (Å²) < 4.78 is 11.4. The average Bonchev–Trinajstić information content (AvgIpc) is 2.59. The zero-order chi connectivity index (χ0) is 16.2. The minimum atomic E-state index is -0.929. The molecule has 3 nitrogen and oxygen atoms in total. The number of aryl methyl sites for hydroxylation is 1. The molecule has 0 radical (unpaired) electrons. The summed E-state index contributed by atoms with van der Waals surface area (Å²) in [6.45, 7) is 2.85. The summed E-state index contributed by atoms with van der Waals surface area (Å²) in [4.78, 5) is 5.52. The Labute approximate surface area is 139 Å². The molecule has 0 saturated heterocycles. The predicted molar refractivity (Wildman–Crippen MR) is 97.2 cm³/mol. The molecule has 1 N–H and O–H groups in total. The number of pyridine rings is 1. The van der Waals surface area contributed by atoms with E-state index in [1.54, 1.807) is 6.26 Å². The van der Waals surface area contributed by atoms with Gasteiger partial charge in [-0.3, -0.25) is 9.19 Å². The third-order valence-corrected chi connectivity index (χ3v) is 4.81. The van der Waals surface area contributed by atoms with Gasteiger partial charge < -0.3 is 5.32 Å². The van der Waals surface area contributed by atoms with E-state index in [-0.39, 0.29) is 0 Å². The molecule has 1 unspecified atom stereocenters. The first-order chi connectivity index (χ1) is 11.2. The van der Waals surface area contributed by atoms with Crippen molar-refractivity contribution in [2.75, 3.05) is 11.6 Å². The lowest BCUT2D eigenvalue weighted by molar-refractivity contribution is 0.687. The molecule has 1 aromatic heterocycles. The monoisotopic (exact) mass is 324 g/mol. The zero-order valence-corrected chi connectivity index (χ0v) is 14.2. The second-order valence-electron chi connectivity index (χ2n) is 5.48. The number of para-hydroxylation sites is 1. The van der Waals surface area contributed by atoms with Gasteiger partial charge >= 0.3 is 0 Å². The number of nitrogens with zero attached hydrogens (tertiary/aromatic N) is 1. The molecule has 3 rings (SSSR count). The third-order valence-electron chi connectivity index (χ3n) is 3.87. The molecule has 0 aliphatic heterocycles. The van der Waals surface area contributed by atoms with Gasteiger partial charge in [-0.15, -0.1) is 0 Å². The van der Waals surface area contributed by atoms with Crippen molar-refractivity contribution >= 4 is 27.4 Å². The van der Waals surface area contributed by atoms with Crippen LogP contribution in [0.1, 0.15) is 18.2 Å². The second-order valence-corrected chi connectivity index (χ2v) is 6.86. The van der Waals surface area contributed by atoms with Crippen molar-refractivity contribution in [3.63, 3.8) is 0 Å². The van der Waals surface area contributed by atoms with Gasteiger partial charge in [0.15, 0.2) is 0 Å². The van der Waals surface area contributed by atoms with Crippen LogP contribution < -0.4 is 5.32 Å². The number of hydrogen-bond donors (Lipinski definition) is 1. The van der Waals surface area contributed by atoms with E-state index in [1.807, 2.05) is 42.5 Å². The minimum Gasteiger partial charge on any atom is -0.380 e. The molecule has 2 aromatic carbocycles. The second kappa shape index (κ2) is 6.92. The highest BCUT2D eigenvalue weighted by Crippen LogP contribution is 2.24. The SMILES string of the molecule is CCc1cc(NCc2ccc(S(C)=O)cc2)c2ccccc2n1. The molecule has 0 saturated carbocycles. The standard InChI is InChI=1S/C19H20N2OS/c1-3-15-12-19(17-6-4-5-7-18(17)21-15)20-13-14-8-10-16(11-9-14)23(2)22/h4-12H,3,13H2,1-2H3,(H,20,21). The Bertz CT molecular complexity index is 844. The fourth-order valence-corrected chi connectivity index (χ4v) is 3.07. The fourth-order valence-electron chi connectivity index (χ4n) is 2.55. The maximum Gasteiger partial charge on any atom is 0.0726 e. The minimum absolute atomic E-state index is 0.730. The summed E-state index contributed by atoms with van der Waals surface area (Å²) in [5.74, 6) is 0. The number of hydrogen-bond acceptors (Lipinski definition) is 3. The largest absolute Gasteiger partial charge is 0.380 e. The first kappa shape index (κ1) is 15.7. The molecule has 1 heterocycles. The highest BCUT2D eigenvalue weighted by Gasteiger charge is 2.05. The zero-order valence-electron chi connectivity index (χ0n) is 13.4. The van der Waals surface area contributed by atoms with Gasteiger partial charge in [0.1, 0.15) is 0 Å². The first-order valence-corrected chi connectivity index (χ1v) is 9.28. The van der Waals surface area contributed by atoms with Crippen molar-refractivity contribution in [1.82, 2.24) is 4.98 Å². The van der Waals surface area contributed by atoms with Crippen molar-refractivity contribution in [2.24, 2.45) is 0 Å². The smallest absolute Gasteiger partial charge is 0.0726 e. The van der Waals surface area contributed by atoms with E-state index < -0.39 is 10.8 Å². The molecule has 0 aliphatic rings. The van der Waals surface area contributed by atoms with Crippen molar-refractivity contribution in [1.29, 1.82) is 0 Å². The topological polar surface area (TPSA) is 42.0 Å². The van der Waals surface area contributed by atoms with Crippen molar-refractivity contribution in [3.05, 3.63) is 65.9 Å². The van der Waals surface area contributed by atoms with Crippen LogP contribution in [0.5, 0.6) is 0 Å². The Hall–Kier alpha value is -2.20. The molecule has 1 atom stereocenters. The van der Waals surface area contributed by atoms with Gasteiger partial charge in [0, 0.05) is 45.3 Å². The number of aromatic nitrogens is 1. The van der Waals surface area contributed by atoms with Gasteiger partial charge in [0.2, 0.25) is 0 Å². The summed E-state index contributed by atoms with van der Waals surface area (Å²) in [6, 6.07) is 18.2. The molecule has 0 amide bonds. The molecular formula is C19H20N2OS. The van der Waals surface area contributed by atoms with Crippen molar-refractivity contribution < 1.29 is 4.21 Å². The number of rotatable bonds is 5. The van der Waals surface area contributed by atoms with Gasteiger partial charge in [-0.2, -0.15) is 0 Å². The van der Waals surface area contributed by atoms with Crippen LogP contribution in [0.4, 0.5) is 5.69 Å². The van der Waals surface area contributed by atoms with E-state index in [9.17, 15) is 4.21 Å². The van der Waals surface area contributed by atoms with Crippen LogP contribution >= 0.6 is 0 Å². The Kier molecular flexibility index (Phi) is 4.72. The van der Waals surface area contributed by atoms with E-state index in [0.717, 1.165) is 45.7 Å². The summed E-state index contributed by atoms with van der Waals surface area (Å²) >= 11 is 0. The Morgan fingerprint density at radius 2 is 1.83 bits per heavy atom. The van der Waals surface area contributed by atoms with Gasteiger partial charge in [0.05, 0.1) is 5.52 Å². The normalized spacial score (nSPS) is 12.3. The lowest BCUT2D eigenvalue weighted by Crippen LogP contribution is -2.02. The van der Waals surface area contributed by atoms with Crippen LogP contribution in [0.2, 0.25) is 0 Å². The molecule has 118 valence electrons. The number of nitrogens with one attached hydrogen (secondary N) is 1. The number of fused-ring (bicyclic) bond motifs is 1. The van der Waals surface area contributed by atoms with Crippen LogP contribution in [-0.2, 0) is 23.8 Å². The van der Waals surface area contributed by atoms with Crippen molar-refractivity contribution in [2.45, 2.75) is 24.8 Å². The third kappa shape index (κ3) is 3.59. The van der Waals surface area contributed by atoms with Gasteiger partial charge in [-0.25, -0.2) is 0 Å². The maximum atomic E-state index is 11.4. The van der Waals surface area contributed by atoms with E-state index in [1.165, 1.54) is 0 Å².